The van der Waals surface area contributed by atoms with Crippen molar-refractivity contribution in [3.8, 4) is 22.6 Å². The number of fused-ring (bicyclic) bond motifs is 1. The molecule has 0 fully saturated rings. The number of hydrogen-bond donors (Lipinski definition) is 1. The Kier molecular flexibility index (Phi) is 7.80. The van der Waals surface area contributed by atoms with Gasteiger partial charge in [0, 0.05) is 10.9 Å². The Morgan fingerprint density at radius 3 is 2.26 bits per heavy atom. The molecule has 1 heterocycles. The molecule has 0 radical (unpaired) electrons. The molecule has 0 saturated heterocycles. The molecule has 39 heavy (non-hydrogen) atoms. The highest BCUT2D eigenvalue weighted by Crippen LogP contribution is 2.35. The number of halogens is 1. The van der Waals surface area contributed by atoms with Crippen LogP contribution in [-0.4, -0.2) is 17.6 Å². The lowest BCUT2D eigenvalue weighted by atomic mass is 9.86. The van der Waals surface area contributed by atoms with Crippen molar-refractivity contribution in [2.24, 2.45) is 0 Å². The van der Waals surface area contributed by atoms with Gasteiger partial charge in [-0.25, -0.2) is 4.79 Å². The Labute approximate surface area is 243 Å². The van der Waals surface area contributed by atoms with Crippen LogP contribution in [0.2, 0.25) is 0 Å². The maximum Gasteiger partial charge on any atom is 0.355 e. The predicted octanol–water partition coefficient (Wildman–Crippen LogP) is 9.30. The van der Waals surface area contributed by atoms with Crippen LogP contribution in [0.1, 0.15) is 54.9 Å². The number of aromatic nitrogens is 1. The summed E-state index contributed by atoms with van der Waals surface area (Å²) in [5.41, 5.74) is 7.29. The fourth-order valence-corrected chi connectivity index (χ4v) is 5.74. The lowest BCUT2D eigenvalue weighted by molar-refractivity contribution is 0.0519. The molecule has 4 aromatic carbocycles. The summed E-state index contributed by atoms with van der Waals surface area (Å²) in [5, 5.41) is 1.04. The van der Waals surface area contributed by atoms with Crippen LogP contribution in [0, 0.1) is 3.57 Å². The first-order valence-corrected chi connectivity index (χ1v) is 14.2. The molecule has 0 aliphatic heterocycles. The third kappa shape index (κ3) is 6.04. The highest BCUT2D eigenvalue weighted by atomic mass is 127. The van der Waals surface area contributed by atoms with Gasteiger partial charge >= 0.3 is 5.97 Å². The van der Waals surface area contributed by atoms with Crippen LogP contribution >= 0.6 is 22.6 Å². The van der Waals surface area contributed by atoms with E-state index in [9.17, 15) is 4.79 Å². The van der Waals surface area contributed by atoms with Crippen molar-refractivity contribution in [1.29, 1.82) is 0 Å². The van der Waals surface area contributed by atoms with Crippen LogP contribution < -0.4 is 4.74 Å². The van der Waals surface area contributed by atoms with Gasteiger partial charge in [-0.3, -0.25) is 0 Å². The molecule has 5 aromatic rings. The number of para-hydroxylation sites is 1. The SMILES string of the molecule is CCOC(=O)c1[nH]c2cc(-c3ccc(C(C)(C)C)cc3)cc(Cc3cccc(Oc4ccccc4)c3)c2c1I. The molecule has 4 nitrogen and oxygen atoms in total. The molecule has 0 aliphatic rings. The van der Waals surface area contributed by atoms with Crippen LogP contribution in [-0.2, 0) is 16.6 Å². The number of ether oxygens (including phenoxy) is 2. The highest BCUT2D eigenvalue weighted by molar-refractivity contribution is 14.1. The largest absolute Gasteiger partial charge is 0.461 e. The minimum atomic E-state index is -0.335. The highest BCUT2D eigenvalue weighted by Gasteiger charge is 2.21. The zero-order valence-electron chi connectivity index (χ0n) is 22.7. The molecular formula is C34H32INO3. The van der Waals surface area contributed by atoms with Crippen LogP contribution in [0.25, 0.3) is 22.0 Å². The molecule has 0 spiro atoms. The molecule has 0 amide bonds. The molecule has 0 atom stereocenters. The van der Waals surface area contributed by atoms with Crippen LogP contribution in [0.4, 0.5) is 0 Å². The van der Waals surface area contributed by atoms with Crippen LogP contribution in [0.15, 0.2) is 91.0 Å². The van der Waals surface area contributed by atoms with E-state index >= 15 is 0 Å². The number of esters is 1. The Morgan fingerprint density at radius 2 is 1.56 bits per heavy atom. The maximum atomic E-state index is 12.7. The smallest absolute Gasteiger partial charge is 0.355 e. The second-order valence-electron chi connectivity index (χ2n) is 10.7. The van der Waals surface area contributed by atoms with Crippen molar-refractivity contribution in [3.05, 3.63) is 117 Å². The van der Waals surface area contributed by atoms with Gasteiger partial charge < -0.3 is 14.5 Å². The molecule has 0 saturated carbocycles. The van der Waals surface area contributed by atoms with Gasteiger partial charge in [0.05, 0.1) is 10.2 Å². The minimum absolute atomic E-state index is 0.0879. The van der Waals surface area contributed by atoms with E-state index in [2.05, 4.69) is 96.9 Å². The summed E-state index contributed by atoms with van der Waals surface area (Å²) in [7, 11) is 0. The van der Waals surface area contributed by atoms with Crippen LogP contribution in [0.5, 0.6) is 11.5 Å². The first kappa shape index (κ1) is 27.0. The van der Waals surface area contributed by atoms with Crippen molar-refractivity contribution in [1.82, 2.24) is 4.98 Å². The number of carbonyl (C=O) groups is 1. The van der Waals surface area contributed by atoms with E-state index in [-0.39, 0.29) is 11.4 Å². The topological polar surface area (TPSA) is 51.3 Å². The van der Waals surface area contributed by atoms with Crippen LogP contribution in [0.3, 0.4) is 0 Å². The molecular weight excluding hydrogens is 597 g/mol. The second kappa shape index (κ2) is 11.3. The first-order valence-electron chi connectivity index (χ1n) is 13.2. The predicted molar refractivity (Wildman–Crippen MR) is 167 cm³/mol. The van der Waals surface area contributed by atoms with E-state index < -0.39 is 0 Å². The number of nitrogens with one attached hydrogen (secondary N) is 1. The van der Waals surface area contributed by atoms with Gasteiger partial charge in [0.25, 0.3) is 0 Å². The molecule has 1 aromatic heterocycles. The van der Waals surface area contributed by atoms with E-state index in [0.29, 0.717) is 18.7 Å². The summed E-state index contributed by atoms with van der Waals surface area (Å²) in [6, 6.07) is 31.1. The minimum Gasteiger partial charge on any atom is -0.461 e. The average Bonchev–Trinajstić information content (AvgIpc) is 3.26. The number of rotatable bonds is 7. The first-order chi connectivity index (χ1) is 18.7. The van der Waals surface area contributed by atoms with Crippen molar-refractivity contribution in [3.63, 3.8) is 0 Å². The lowest BCUT2D eigenvalue weighted by Crippen LogP contribution is -2.10. The van der Waals surface area contributed by atoms with Gasteiger partial charge in [-0.15, -0.1) is 0 Å². The number of H-pyrrole nitrogens is 1. The number of carbonyl (C=O) groups excluding carboxylic acids is 1. The van der Waals surface area contributed by atoms with Gasteiger partial charge in [0.15, 0.2) is 0 Å². The third-order valence-electron chi connectivity index (χ3n) is 6.75. The Hall–Kier alpha value is -3.58. The van der Waals surface area contributed by atoms with Gasteiger partial charge in [-0.1, -0.05) is 81.4 Å². The molecule has 0 unspecified atom stereocenters. The van der Waals surface area contributed by atoms with E-state index in [4.69, 9.17) is 9.47 Å². The summed E-state index contributed by atoms with van der Waals surface area (Å²) in [4.78, 5) is 16.1. The molecule has 198 valence electrons. The standard InChI is InChI=1S/C34H32INO3/c1-5-38-33(37)32-31(35)30-25(18-22-10-9-13-28(19-22)39-27-11-7-6-8-12-27)20-24(21-29(30)36-32)23-14-16-26(17-15-23)34(2,3)4/h6-17,19-21,36H,5,18H2,1-4H3. The van der Waals surface area contributed by atoms with E-state index in [1.165, 1.54) is 5.56 Å². The van der Waals surface area contributed by atoms with Gasteiger partial charge in [-0.05, 0) is 99.5 Å². The summed E-state index contributed by atoms with van der Waals surface area (Å²) >= 11 is 2.26. The zero-order chi connectivity index (χ0) is 27.6. The number of aromatic amines is 1. The fraction of sp³-hybridized carbons (Fsp3) is 0.206. The number of hydrogen-bond acceptors (Lipinski definition) is 3. The summed E-state index contributed by atoms with van der Waals surface area (Å²) in [5.74, 6) is 1.26. The summed E-state index contributed by atoms with van der Waals surface area (Å²) in [6.45, 7) is 8.82. The van der Waals surface area contributed by atoms with E-state index in [1.807, 2.05) is 49.4 Å². The average molecular weight is 630 g/mol. The molecule has 0 aliphatic carbocycles. The maximum absolute atomic E-state index is 12.7. The lowest BCUT2D eigenvalue weighted by Gasteiger charge is -2.19. The normalized spacial score (nSPS) is 11.5. The van der Waals surface area contributed by atoms with Crippen molar-refractivity contribution in [2.75, 3.05) is 6.61 Å². The van der Waals surface area contributed by atoms with Crippen molar-refractivity contribution in [2.45, 2.75) is 39.5 Å². The van der Waals surface area contributed by atoms with Gasteiger partial charge in [0.2, 0.25) is 0 Å². The Morgan fingerprint density at radius 1 is 0.846 bits per heavy atom. The fourth-order valence-electron chi connectivity index (χ4n) is 4.75. The molecule has 5 rings (SSSR count). The third-order valence-corrected chi connectivity index (χ3v) is 7.83. The molecule has 1 N–H and O–H groups in total. The summed E-state index contributed by atoms with van der Waals surface area (Å²) in [6.07, 6.45) is 0.687. The Balaban J connectivity index is 1.58. The monoisotopic (exact) mass is 629 g/mol. The van der Waals surface area contributed by atoms with Crippen molar-refractivity contribution < 1.29 is 14.3 Å². The quantitative estimate of drug-likeness (QED) is 0.144. The van der Waals surface area contributed by atoms with Gasteiger partial charge in [0.1, 0.15) is 17.2 Å². The van der Waals surface area contributed by atoms with Crippen molar-refractivity contribution >= 4 is 39.5 Å². The number of benzene rings is 4. The molecule has 0 bridgehead atoms. The second-order valence-corrected chi connectivity index (χ2v) is 11.7. The Bertz CT molecular complexity index is 1610. The summed E-state index contributed by atoms with van der Waals surface area (Å²) < 4.78 is 12.3. The van der Waals surface area contributed by atoms with E-state index in [1.54, 1.807) is 0 Å². The van der Waals surface area contributed by atoms with E-state index in [0.717, 1.165) is 48.2 Å². The zero-order valence-corrected chi connectivity index (χ0v) is 24.8. The van der Waals surface area contributed by atoms with Gasteiger partial charge in [-0.2, -0.15) is 0 Å². The molecule has 5 heteroatoms.